The number of carbonyl (C=O) groups excluding carboxylic acids is 3. The predicted molar refractivity (Wildman–Crippen MR) is 187 cm³/mol. The van der Waals surface area contributed by atoms with Crippen molar-refractivity contribution in [3.63, 3.8) is 0 Å². The zero-order valence-electron chi connectivity index (χ0n) is 27.5. The van der Waals surface area contributed by atoms with Crippen LogP contribution in [0.2, 0.25) is 0 Å². The number of piperazine rings is 1. The van der Waals surface area contributed by atoms with E-state index in [0.29, 0.717) is 57.1 Å². The molecule has 3 N–H and O–H groups in total. The van der Waals surface area contributed by atoms with Crippen molar-refractivity contribution in [3.05, 3.63) is 95.7 Å². The lowest BCUT2D eigenvalue weighted by atomic mass is 9.92. The molecule has 2 atom stereocenters. The number of benzene rings is 3. The smallest absolute Gasteiger partial charge is 0.318 e. The summed E-state index contributed by atoms with van der Waals surface area (Å²) in [6.07, 6.45) is 3.87. The van der Waals surface area contributed by atoms with Gasteiger partial charge in [-0.2, -0.15) is 0 Å². The zero-order valence-corrected chi connectivity index (χ0v) is 27.5. The maximum Gasteiger partial charge on any atom is 0.318 e. The van der Waals surface area contributed by atoms with Gasteiger partial charge in [-0.05, 0) is 68.4 Å². The third-order valence-electron chi connectivity index (χ3n) is 9.33. The molecule has 0 bridgehead atoms. The molecule has 0 spiro atoms. The molecule has 1 aromatic heterocycles. The average molecular weight is 636 g/mol. The second kappa shape index (κ2) is 14.3. The molecule has 2 fully saturated rings. The van der Waals surface area contributed by atoms with Crippen molar-refractivity contribution < 1.29 is 14.4 Å². The van der Waals surface area contributed by atoms with Crippen molar-refractivity contribution in [2.45, 2.75) is 38.3 Å². The monoisotopic (exact) mass is 635 g/mol. The number of aromatic nitrogens is 1. The summed E-state index contributed by atoms with van der Waals surface area (Å²) in [5, 5.41) is 7.20. The highest BCUT2D eigenvalue weighted by atomic mass is 16.2. The summed E-state index contributed by atoms with van der Waals surface area (Å²) in [5.41, 5.74) is 4.94. The van der Waals surface area contributed by atoms with Crippen LogP contribution < -0.4 is 15.5 Å². The van der Waals surface area contributed by atoms with E-state index in [4.69, 9.17) is 0 Å². The molecule has 3 heterocycles. The number of aromatic amines is 1. The third-order valence-corrected chi connectivity index (χ3v) is 9.33. The Labute approximate surface area is 276 Å². The molecule has 0 radical (unpaired) electrons. The Hall–Kier alpha value is -4.83. The highest BCUT2D eigenvalue weighted by molar-refractivity contribution is 6.06. The normalized spacial score (nSPS) is 16.4. The van der Waals surface area contributed by atoms with Crippen LogP contribution in [0.4, 0.5) is 16.2 Å². The molecule has 0 aliphatic carbocycles. The molecule has 2 aliphatic heterocycles. The average Bonchev–Trinajstić information content (AvgIpc) is 3.78. The Bertz CT molecular complexity index is 1710. The number of likely N-dealkylation sites (tertiary alicyclic amines) is 1. The Kier molecular flexibility index (Phi) is 9.77. The van der Waals surface area contributed by atoms with Gasteiger partial charge in [-0.15, -0.1) is 0 Å². The van der Waals surface area contributed by atoms with Crippen molar-refractivity contribution in [2.75, 3.05) is 63.6 Å². The number of hydrogen-bond acceptors (Lipinski definition) is 5. The summed E-state index contributed by atoms with van der Waals surface area (Å²) in [4.78, 5) is 53.0. The van der Waals surface area contributed by atoms with Crippen molar-refractivity contribution in [1.82, 2.24) is 25.0 Å². The molecular formula is C37H45N7O3. The van der Waals surface area contributed by atoms with Crippen LogP contribution in [0.5, 0.6) is 0 Å². The molecule has 3 aromatic carbocycles. The number of amides is 4. The minimum atomic E-state index is -0.902. The fourth-order valence-corrected chi connectivity index (χ4v) is 6.74. The molecule has 10 heteroatoms. The standard InChI is InChI=1S/C37H45N7O3/c1-26(31-24-38-32-14-8-7-13-29(31)32)34(40-37(47)44-21-19-42(20-22-44)28-11-5-4-6-12-28)35(45)39-33-23-27(25-41(2)3)15-16-30(33)36(46)43-17-9-10-18-43/h4-8,11-16,23-24,26,34,38H,9-10,17-22,25H2,1-3H3,(H,39,45)(H,40,47)/t26-,34-/m1/s1. The highest BCUT2D eigenvalue weighted by Gasteiger charge is 2.33. The molecule has 2 aliphatic rings. The van der Waals surface area contributed by atoms with Gasteiger partial charge < -0.3 is 35.2 Å². The first-order valence-corrected chi connectivity index (χ1v) is 16.6. The summed E-state index contributed by atoms with van der Waals surface area (Å²) >= 11 is 0. The van der Waals surface area contributed by atoms with Crippen LogP contribution in [0.15, 0.2) is 79.0 Å². The summed E-state index contributed by atoms with van der Waals surface area (Å²) in [7, 11) is 3.96. The van der Waals surface area contributed by atoms with Gasteiger partial charge in [0.2, 0.25) is 5.91 Å². The van der Waals surface area contributed by atoms with Crippen LogP contribution in [0.25, 0.3) is 10.9 Å². The Balaban J connectivity index is 1.27. The van der Waals surface area contributed by atoms with Gasteiger partial charge >= 0.3 is 6.03 Å². The number of rotatable bonds is 9. The van der Waals surface area contributed by atoms with Crippen molar-refractivity contribution in [3.8, 4) is 0 Å². The van der Waals surface area contributed by atoms with E-state index in [-0.39, 0.29) is 23.8 Å². The van der Waals surface area contributed by atoms with Gasteiger partial charge in [-0.3, -0.25) is 9.59 Å². The van der Waals surface area contributed by atoms with Gasteiger partial charge in [0.15, 0.2) is 0 Å². The molecule has 4 aromatic rings. The van der Waals surface area contributed by atoms with E-state index in [9.17, 15) is 14.4 Å². The second-order valence-electron chi connectivity index (χ2n) is 12.9. The molecule has 2 saturated heterocycles. The van der Waals surface area contributed by atoms with E-state index in [2.05, 4.69) is 32.7 Å². The van der Waals surface area contributed by atoms with Crippen LogP contribution in [0, 0.1) is 0 Å². The van der Waals surface area contributed by atoms with E-state index >= 15 is 0 Å². The molecular weight excluding hydrogens is 590 g/mol. The van der Waals surface area contributed by atoms with Crippen LogP contribution in [0.1, 0.15) is 47.2 Å². The zero-order chi connectivity index (χ0) is 32.9. The second-order valence-corrected chi connectivity index (χ2v) is 12.9. The lowest BCUT2D eigenvalue weighted by molar-refractivity contribution is -0.118. The molecule has 0 saturated carbocycles. The minimum absolute atomic E-state index is 0.0873. The van der Waals surface area contributed by atoms with E-state index in [1.165, 1.54) is 0 Å². The van der Waals surface area contributed by atoms with Crippen LogP contribution in [-0.4, -0.2) is 96.9 Å². The number of hydrogen-bond donors (Lipinski definition) is 3. The Morgan fingerprint density at radius 2 is 1.55 bits per heavy atom. The quantitative estimate of drug-likeness (QED) is 0.237. The predicted octanol–water partition coefficient (Wildman–Crippen LogP) is 5.11. The summed E-state index contributed by atoms with van der Waals surface area (Å²) in [6.45, 7) is 6.52. The molecule has 10 nitrogen and oxygen atoms in total. The van der Waals surface area contributed by atoms with Crippen molar-refractivity contribution in [2.24, 2.45) is 0 Å². The lowest BCUT2D eigenvalue weighted by Gasteiger charge is -2.37. The van der Waals surface area contributed by atoms with Gasteiger partial charge in [-0.25, -0.2) is 4.79 Å². The first-order valence-electron chi connectivity index (χ1n) is 16.6. The number of nitrogens with one attached hydrogen (secondary N) is 3. The highest BCUT2D eigenvalue weighted by Crippen LogP contribution is 2.30. The number of urea groups is 1. The molecule has 47 heavy (non-hydrogen) atoms. The van der Waals surface area contributed by atoms with E-state index in [1.54, 1.807) is 4.90 Å². The van der Waals surface area contributed by atoms with E-state index in [0.717, 1.165) is 40.6 Å². The number of anilines is 2. The Morgan fingerprint density at radius 1 is 0.851 bits per heavy atom. The van der Waals surface area contributed by atoms with Gasteiger partial charge in [0.25, 0.3) is 5.91 Å². The van der Waals surface area contributed by atoms with Crippen LogP contribution in [0.3, 0.4) is 0 Å². The molecule has 6 rings (SSSR count). The number of nitrogens with zero attached hydrogens (tertiary/aromatic N) is 4. The van der Waals surface area contributed by atoms with E-state index in [1.807, 2.05) is 97.7 Å². The first kappa shape index (κ1) is 32.1. The maximum absolute atomic E-state index is 14.4. The van der Waals surface area contributed by atoms with Crippen LogP contribution >= 0.6 is 0 Å². The number of carbonyl (C=O) groups is 3. The number of H-pyrrole nitrogens is 1. The topological polar surface area (TPSA) is 104 Å². The minimum Gasteiger partial charge on any atom is -0.368 e. The largest absolute Gasteiger partial charge is 0.368 e. The van der Waals surface area contributed by atoms with E-state index < -0.39 is 6.04 Å². The fraction of sp³-hybridized carbons (Fsp3) is 0.378. The maximum atomic E-state index is 14.4. The Morgan fingerprint density at radius 3 is 2.28 bits per heavy atom. The number of fused-ring (bicyclic) bond motifs is 1. The lowest BCUT2D eigenvalue weighted by Crippen LogP contribution is -2.56. The molecule has 246 valence electrons. The molecule has 0 unspecified atom stereocenters. The van der Waals surface area contributed by atoms with Crippen molar-refractivity contribution >= 4 is 40.1 Å². The summed E-state index contributed by atoms with van der Waals surface area (Å²) in [6, 6.07) is 22.6. The SMILES string of the molecule is C[C@H](c1c[nH]c2ccccc12)[C@@H](NC(=O)N1CCN(c2ccccc2)CC1)C(=O)Nc1cc(CN(C)C)ccc1C(=O)N1CCCC1. The van der Waals surface area contributed by atoms with Gasteiger partial charge in [0, 0.05) is 74.5 Å². The van der Waals surface area contributed by atoms with Gasteiger partial charge in [0.05, 0.1) is 11.3 Å². The third kappa shape index (κ3) is 7.28. The van der Waals surface area contributed by atoms with Gasteiger partial charge in [0.1, 0.15) is 6.04 Å². The van der Waals surface area contributed by atoms with Crippen LogP contribution in [-0.2, 0) is 11.3 Å². The van der Waals surface area contributed by atoms with Gasteiger partial charge in [-0.1, -0.05) is 49.4 Å². The first-order chi connectivity index (χ1) is 22.8. The summed E-state index contributed by atoms with van der Waals surface area (Å²) in [5.74, 6) is -0.823. The number of para-hydroxylation sites is 2. The fourth-order valence-electron chi connectivity index (χ4n) is 6.74. The summed E-state index contributed by atoms with van der Waals surface area (Å²) < 4.78 is 0. The van der Waals surface area contributed by atoms with Crippen molar-refractivity contribution in [1.29, 1.82) is 0 Å². The molecule has 4 amide bonds.